The molecule has 1 aromatic heterocycles. The highest BCUT2D eigenvalue weighted by molar-refractivity contribution is 5.89. The lowest BCUT2D eigenvalue weighted by Crippen LogP contribution is -2.42. The molecule has 1 N–H and O–H groups in total. The molecule has 0 bridgehead atoms. The van der Waals surface area contributed by atoms with Crippen molar-refractivity contribution < 1.29 is 23.9 Å². The van der Waals surface area contributed by atoms with Gasteiger partial charge in [0, 0.05) is 18.7 Å². The van der Waals surface area contributed by atoms with E-state index in [-0.39, 0.29) is 12.1 Å². The van der Waals surface area contributed by atoms with E-state index in [1.165, 1.54) is 7.11 Å². The number of nitrogens with zero attached hydrogens (tertiary/aromatic N) is 3. The van der Waals surface area contributed by atoms with Gasteiger partial charge in [-0.05, 0) is 66.2 Å². The third-order valence-electron chi connectivity index (χ3n) is 6.37. The number of hydrogen-bond donors (Lipinski definition) is 1. The second kappa shape index (κ2) is 8.63. The zero-order valence-electron chi connectivity index (χ0n) is 17.8. The van der Waals surface area contributed by atoms with Crippen LogP contribution >= 0.6 is 0 Å². The molecule has 2 aliphatic rings. The first-order valence-corrected chi connectivity index (χ1v) is 10.8. The molecule has 1 saturated carbocycles. The molecule has 0 radical (unpaired) electrons. The van der Waals surface area contributed by atoms with Crippen LogP contribution in [-0.2, 0) is 4.74 Å². The highest BCUT2D eigenvalue weighted by Gasteiger charge is 2.43. The van der Waals surface area contributed by atoms with E-state index in [1.54, 1.807) is 24.3 Å². The summed E-state index contributed by atoms with van der Waals surface area (Å²) in [7, 11) is 1.35. The summed E-state index contributed by atoms with van der Waals surface area (Å²) < 4.78 is 16.3. The molecule has 2 fully saturated rings. The van der Waals surface area contributed by atoms with Gasteiger partial charge >= 0.3 is 5.97 Å². The van der Waals surface area contributed by atoms with Gasteiger partial charge in [-0.2, -0.15) is 4.98 Å². The molecule has 2 heterocycles. The Kier molecular flexibility index (Phi) is 5.53. The summed E-state index contributed by atoms with van der Waals surface area (Å²) in [6.07, 6.45) is 0.548. The first-order valence-electron chi connectivity index (χ1n) is 10.8. The minimum absolute atomic E-state index is 0.301. The summed E-state index contributed by atoms with van der Waals surface area (Å²) in [5.74, 6) is 2.05. The summed E-state index contributed by atoms with van der Waals surface area (Å²) in [5, 5.41) is 14.9. The van der Waals surface area contributed by atoms with Crippen molar-refractivity contribution in [1.82, 2.24) is 10.1 Å². The monoisotopic (exact) mass is 435 g/mol. The van der Waals surface area contributed by atoms with Crippen molar-refractivity contribution >= 4 is 11.9 Å². The van der Waals surface area contributed by atoms with E-state index < -0.39 is 6.10 Å². The van der Waals surface area contributed by atoms with Gasteiger partial charge in [-0.3, -0.25) is 0 Å². The number of anilines is 1. The quantitative estimate of drug-likeness (QED) is 0.611. The Bertz CT molecular complexity index is 1070. The molecule has 166 valence electrons. The summed E-state index contributed by atoms with van der Waals surface area (Å²) >= 11 is 0. The Labute approximate surface area is 185 Å². The van der Waals surface area contributed by atoms with Crippen LogP contribution in [0.25, 0.3) is 11.5 Å². The number of rotatable bonds is 5. The van der Waals surface area contributed by atoms with Crippen LogP contribution < -0.4 is 9.64 Å². The number of esters is 1. The maximum Gasteiger partial charge on any atom is 0.337 e. The topological polar surface area (TPSA) is 97.9 Å². The number of methoxy groups -OCH3 is 1. The van der Waals surface area contributed by atoms with Gasteiger partial charge < -0.3 is 24.0 Å². The molecule has 1 aliphatic carbocycles. The maximum atomic E-state index is 11.6. The van der Waals surface area contributed by atoms with Gasteiger partial charge in [-0.15, -0.1) is 0 Å². The highest BCUT2D eigenvalue weighted by Crippen LogP contribution is 2.39. The van der Waals surface area contributed by atoms with Crippen molar-refractivity contribution in [1.29, 1.82) is 0 Å². The SMILES string of the molecule is COC(=O)c1ccc(O[C@H]2C[C@@H]3CN(c4noc(-c5ccccc5)n4)C[C@@H]3C[C@@H]2O)cc1. The molecule has 3 aromatic rings. The summed E-state index contributed by atoms with van der Waals surface area (Å²) in [5.41, 5.74) is 1.36. The van der Waals surface area contributed by atoms with Crippen LogP contribution in [0.3, 0.4) is 0 Å². The van der Waals surface area contributed by atoms with E-state index in [0.717, 1.165) is 25.1 Å². The van der Waals surface area contributed by atoms with Crippen LogP contribution in [0.15, 0.2) is 59.1 Å². The molecule has 2 aromatic carbocycles. The molecule has 0 spiro atoms. The molecule has 0 amide bonds. The molecular formula is C24H25N3O5. The van der Waals surface area contributed by atoms with Gasteiger partial charge in [0.2, 0.25) is 0 Å². The molecule has 1 aliphatic heterocycles. The van der Waals surface area contributed by atoms with Crippen LogP contribution in [0.4, 0.5) is 5.95 Å². The smallest absolute Gasteiger partial charge is 0.337 e. The fourth-order valence-electron chi connectivity index (χ4n) is 4.68. The molecule has 5 rings (SSSR count). The second-order valence-electron chi connectivity index (χ2n) is 8.40. The summed E-state index contributed by atoms with van der Waals surface area (Å²) in [6.45, 7) is 1.59. The first-order chi connectivity index (χ1) is 15.6. The predicted molar refractivity (Wildman–Crippen MR) is 116 cm³/mol. The van der Waals surface area contributed by atoms with Gasteiger partial charge in [0.05, 0.1) is 18.8 Å². The number of hydrogen-bond acceptors (Lipinski definition) is 8. The average molecular weight is 435 g/mol. The van der Waals surface area contributed by atoms with E-state index in [4.69, 9.17) is 14.0 Å². The van der Waals surface area contributed by atoms with Crippen molar-refractivity contribution in [3.8, 4) is 17.2 Å². The maximum absolute atomic E-state index is 11.6. The van der Waals surface area contributed by atoms with Crippen molar-refractivity contribution in [3.63, 3.8) is 0 Å². The van der Waals surface area contributed by atoms with Crippen molar-refractivity contribution in [3.05, 3.63) is 60.2 Å². The van der Waals surface area contributed by atoms with Crippen LogP contribution in [0.5, 0.6) is 5.75 Å². The molecule has 32 heavy (non-hydrogen) atoms. The number of ether oxygens (including phenoxy) is 2. The number of aromatic nitrogens is 2. The fourth-order valence-corrected chi connectivity index (χ4v) is 4.68. The fraction of sp³-hybridized carbons (Fsp3) is 0.375. The molecular weight excluding hydrogens is 410 g/mol. The van der Waals surface area contributed by atoms with Crippen LogP contribution in [0.1, 0.15) is 23.2 Å². The highest BCUT2D eigenvalue weighted by atomic mass is 16.5. The second-order valence-corrected chi connectivity index (χ2v) is 8.40. The van der Waals surface area contributed by atoms with E-state index >= 15 is 0 Å². The minimum Gasteiger partial charge on any atom is -0.488 e. The lowest BCUT2D eigenvalue weighted by Gasteiger charge is -2.35. The summed E-state index contributed by atoms with van der Waals surface area (Å²) in [4.78, 5) is 18.3. The van der Waals surface area contributed by atoms with Crippen molar-refractivity contribution in [2.45, 2.75) is 25.0 Å². The minimum atomic E-state index is -0.554. The number of carbonyl (C=O) groups excluding carboxylic acids is 1. The third-order valence-corrected chi connectivity index (χ3v) is 6.37. The Morgan fingerprint density at radius 3 is 2.50 bits per heavy atom. The number of aliphatic hydroxyl groups is 1. The van der Waals surface area contributed by atoms with E-state index in [1.807, 2.05) is 30.3 Å². The van der Waals surface area contributed by atoms with Gasteiger partial charge in [-0.25, -0.2) is 4.79 Å². The van der Waals surface area contributed by atoms with Crippen molar-refractivity contribution in [2.75, 3.05) is 25.1 Å². The van der Waals surface area contributed by atoms with E-state index in [0.29, 0.717) is 41.4 Å². The van der Waals surface area contributed by atoms with Gasteiger partial charge in [0.15, 0.2) is 0 Å². The standard InChI is InChI=1S/C24H25N3O5/c1-30-23(29)16-7-9-19(10-8-16)31-21-12-18-14-27(13-17(18)11-20(21)28)24-25-22(32-26-24)15-5-3-2-4-6-15/h2-10,17-18,20-21,28H,11-14H2,1H3/t17-,18+,20-,21-/m0/s1. The Morgan fingerprint density at radius 1 is 1.06 bits per heavy atom. The van der Waals surface area contributed by atoms with Crippen LogP contribution in [-0.4, -0.2) is 53.6 Å². The normalized spacial score (nSPS) is 24.8. The Morgan fingerprint density at radius 2 is 1.78 bits per heavy atom. The number of carbonyl (C=O) groups is 1. The number of benzene rings is 2. The predicted octanol–water partition coefficient (Wildman–Crippen LogP) is 3.18. The Hall–Kier alpha value is -3.39. The number of fused-ring (bicyclic) bond motifs is 1. The Balaban J connectivity index is 1.23. The van der Waals surface area contributed by atoms with Gasteiger partial charge in [0.25, 0.3) is 11.8 Å². The third kappa shape index (κ3) is 4.05. The first kappa shape index (κ1) is 20.5. The zero-order valence-corrected chi connectivity index (χ0v) is 17.8. The average Bonchev–Trinajstić information content (AvgIpc) is 3.47. The molecule has 8 heteroatoms. The van der Waals surface area contributed by atoms with Gasteiger partial charge in [0.1, 0.15) is 11.9 Å². The lowest BCUT2D eigenvalue weighted by molar-refractivity contribution is -0.0231. The summed E-state index contributed by atoms with van der Waals surface area (Å²) in [6, 6.07) is 16.5. The van der Waals surface area contributed by atoms with Crippen molar-refractivity contribution in [2.24, 2.45) is 11.8 Å². The molecule has 8 nitrogen and oxygen atoms in total. The van der Waals surface area contributed by atoms with Crippen LogP contribution in [0.2, 0.25) is 0 Å². The van der Waals surface area contributed by atoms with E-state index in [2.05, 4.69) is 15.0 Å². The molecule has 0 unspecified atom stereocenters. The lowest BCUT2D eigenvalue weighted by atomic mass is 9.78. The molecule has 4 atom stereocenters. The van der Waals surface area contributed by atoms with Gasteiger partial charge in [-0.1, -0.05) is 18.2 Å². The van der Waals surface area contributed by atoms with Crippen LogP contribution in [0, 0.1) is 11.8 Å². The van der Waals surface area contributed by atoms with E-state index in [9.17, 15) is 9.90 Å². The zero-order chi connectivity index (χ0) is 22.1. The number of aliphatic hydroxyl groups excluding tert-OH is 1. The largest absolute Gasteiger partial charge is 0.488 e. The molecule has 1 saturated heterocycles.